The maximum Gasteiger partial charge on any atom is 0.234 e. The smallest absolute Gasteiger partial charge is 0.234 e. The molecule has 1 N–H and O–H groups in total. The van der Waals surface area contributed by atoms with Crippen LogP contribution >= 0.6 is 11.8 Å². The molecule has 27 heavy (non-hydrogen) atoms. The molecule has 1 aromatic heterocycles. The fourth-order valence-corrected chi connectivity index (χ4v) is 3.64. The third kappa shape index (κ3) is 4.31. The van der Waals surface area contributed by atoms with Crippen LogP contribution in [0.1, 0.15) is 24.7 Å². The van der Waals surface area contributed by atoms with Crippen LogP contribution in [0.2, 0.25) is 0 Å². The maximum atomic E-state index is 12.4. The highest BCUT2D eigenvalue weighted by Crippen LogP contribution is 2.38. The second kappa shape index (κ2) is 7.84. The molecule has 1 amide bonds. The first-order valence-electron chi connectivity index (χ1n) is 8.87. The van der Waals surface area contributed by atoms with Gasteiger partial charge in [-0.2, -0.15) is 0 Å². The van der Waals surface area contributed by atoms with Crippen molar-refractivity contribution < 1.29 is 9.53 Å². The van der Waals surface area contributed by atoms with Crippen LogP contribution in [0.25, 0.3) is 0 Å². The van der Waals surface area contributed by atoms with Crippen molar-refractivity contribution in [2.45, 2.75) is 31.0 Å². The quantitative estimate of drug-likeness (QED) is 0.614. The molecule has 1 aliphatic carbocycles. The number of rotatable bonds is 7. The lowest BCUT2D eigenvalue weighted by molar-refractivity contribution is -0.113. The summed E-state index contributed by atoms with van der Waals surface area (Å²) in [6, 6.07) is 17.4. The molecule has 2 aromatic carbocycles. The number of anilines is 1. The third-order valence-electron chi connectivity index (χ3n) is 4.21. The van der Waals surface area contributed by atoms with Gasteiger partial charge < -0.3 is 14.6 Å². The Morgan fingerprint density at radius 2 is 1.89 bits per heavy atom. The SMILES string of the molecule is Cc1nnc(SCC(=O)Nc2ccccc2Oc2ccccc2)n1C1CC1. The molecule has 0 spiro atoms. The topological polar surface area (TPSA) is 69.0 Å². The number of para-hydroxylation sites is 3. The van der Waals surface area contributed by atoms with Gasteiger partial charge in [0.15, 0.2) is 10.9 Å². The lowest BCUT2D eigenvalue weighted by Gasteiger charge is -2.12. The summed E-state index contributed by atoms with van der Waals surface area (Å²) in [6.45, 7) is 1.95. The van der Waals surface area contributed by atoms with E-state index >= 15 is 0 Å². The lowest BCUT2D eigenvalue weighted by atomic mass is 10.3. The number of nitrogens with zero attached hydrogens (tertiary/aromatic N) is 3. The highest BCUT2D eigenvalue weighted by molar-refractivity contribution is 7.99. The van der Waals surface area contributed by atoms with E-state index in [-0.39, 0.29) is 11.7 Å². The highest BCUT2D eigenvalue weighted by atomic mass is 32.2. The van der Waals surface area contributed by atoms with Gasteiger partial charge in [0.2, 0.25) is 5.91 Å². The van der Waals surface area contributed by atoms with E-state index in [1.165, 1.54) is 11.8 Å². The first-order valence-corrected chi connectivity index (χ1v) is 9.85. The van der Waals surface area contributed by atoms with E-state index in [2.05, 4.69) is 20.1 Å². The number of hydrogen-bond acceptors (Lipinski definition) is 5. The molecule has 3 aromatic rings. The van der Waals surface area contributed by atoms with Gasteiger partial charge in [-0.3, -0.25) is 4.79 Å². The Bertz CT molecular complexity index is 938. The molecule has 1 fully saturated rings. The van der Waals surface area contributed by atoms with Crippen LogP contribution in [0.5, 0.6) is 11.5 Å². The zero-order valence-electron chi connectivity index (χ0n) is 15.0. The van der Waals surface area contributed by atoms with Crippen LogP contribution in [-0.2, 0) is 4.79 Å². The molecule has 0 atom stereocenters. The Balaban J connectivity index is 1.40. The standard InChI is InChI=1S/C20H20N4O2S/c1-14-22-23-20(24(14)15-11-12-15)27-13-19(25)21-17-9-5-6-10-18(17)26-16-7-3-2-4-8-16/h2-10,15H,11-13H2,1H3,(H,21,25). The van der Waals surface area contributed by atoms with Crippen molar-refractivity contribution >= 4 is 23.4 Å². The Morgan fingerprint density at radius 3 is 2.67 bits per heavy atom. The average Bonchev–Trinajstić information content (AvgIpc) is 3.45. The molecule has 1 aliphatic rings. The van der Waals surface area contributed by atoms with E-state index in [0.29, 0.717) is 17.5 Å². The number of thioether (sulfide) groups is 1. The summed E-state index contributed by atoms with van der Waals surface area (Å²) in [7, 11) is 0. The van der Waals surface area contributed by atoms with Crippen LogP contribution in [0, 0.1) is 6.92 Å². The lowest BCUT2D eigenvalue weighted by Crippen LogP contribution is -2.15. The predicted octanol–water partition coefficient (Wildman–Crippen LogP) is 4.44. The van der Waals surface area contributed by atoms with Gasteiger partial charge in [0.05, 0.1) is 11.4 Å². The van der Waals surface area contributed by atoms with Crippen LogP contribution < -0.4 is 10.1 Å². The summed E-state index contributed by atoms with van der Waals surface area (Å²) in [5.41, 5.74) is 0.645. The molecule has 0 saturated heterocycles. The average molecular weight is 380 g/mol. The normalized spacial score (nSPS) is 13.4. The van der Waals surface area contributed by atoms with Crippen molar-refractivity contribution in [3.63, 3.8) is 0 Å². The van der Waals surface area contributed by atoms with Crippen molar-refractivity contribution in [2.75, 3.05) is 11.1 Å². The molecular weight excluding hydrogens is 360 g/mol. The van der Waals surface area contributed by atoms with Crippen molar-refractivity contribution in [1.82, 2.24) is 14.8 Å². The first kappa shape index (κ1) is 17.6. The summed E-state index contributed by atoms with van der Waals surface area (Å²) < 4.78 is 8.02. The second-order valence-electron chi connectivity index (χ2n) is 6.38. The molecule has 7 heteroatoms. The molecule has 0 aliphatic heterocycles. The predicted molar refractivity (Wildman–Crippen MR) is 105 cm³/mol. The van der Waals surface area contributed by atoms with Gasteiger partial charge in [-0.25, -0.2) is 0 Å². The molecule has 138 valence electrons. The van der Waals surface area contributed by atoms with Gasteiger partial charge in [0.1, 0.15) is 11.6 Å². The largest absolute Gasteiger partial charge is 0.455 e. The van der Waals surface area contributed by atoms with Crippen LogP contribution in [0.4, 0.5) is 5.69 Å². The number of nitrogens with one attached hydrogen (secondary N) is 1. The number of amides is 1. The van der Waals surface area contributed by atoms with E-state index in [1.54, 1.807) is 0 Å². The Labute approximate surface area is 162 Å². The van der Waals surface area contributed by atoms with Gasteiger partial charge >= 0.3 is 0 Å². The van der Waals surface area contributed by atoms with Crippen molar-refractivity contribution in [3.05, 3.63) is 60.4 Å². The van der Waals surface area contributed by atoms with Gasteiger partial charge in [-0.05, 0) is 44.0 Å². The van der Waals surface area contributed by atoms with E-state index in [1.807, 2.05) is 61.5 Å². The number of aryl methyl sites for hydroxylation is 1. The summed E-state index contributed by atoms with van der Waals surface area (Å²) in [4.78, 5) is 12.4. The molecule has 6 nitrogen and oxygen atoms in total. The summed E-state index contributed by atoms with van der Waals surface area (Å²) >= 11 is 1.41. The van der Waals surface area contributed by atoms with Gasteiger partial charge in [0, 0.05) is 6.04 Å². The highest BCUT2D eigenvalue weighted by Gasteiger charge is 2.28. The van der Waals surface area contributed by atoms with Crippen LogP contribution in [0.3, 0.4) is 0 Å². The molecule has 1 saturated carbocycles. The number of hydrogen-bond donors (Lipinski definition) is 1. The molecule has 0 bridgehead atoms. The fourth-order valence-electron chi connectivity index (χ4n) is 2.79. The van der Waals surface area contributed by atoms with Crippen LogP contribution in [-0.4, -0.2) is 26.4 Å². The van der Waals surface area contributed by atoms with E-state index in [4.69, 9.17) is 4.74 Å². The minimum absolute atomic E-state index is 0.105. The molecular formula is C20H20N4O2S. The van der Waals surface area contributed by atoms with E-state index < -0.39 is 0 Å². The zero-order valence-corrected chi connectivity index (χ0v) is 15.8. The molecule has 0 radical (unpaired) electrons. The molecule has 1 heterocycles. The third-order valence-corrected chi connectivity index (χ3v) is 5.15. The number of benzene rings is 2. The summed E-state index contributed by atoms with van der Waals surface area (Å²) in [5, 5.41) is 12.1. The minimum atomic E-state index is -0.105. The minimum Gasteiger partial charge on any atom is -0.455 e. The molecule has 4 rings (SSSR count). The maximum absolute atomic E-state index is 12.4. The van der Waals surface area contributed by atoms with Crippen molar-refractivity contribution in [3.8, 4) is 11.5 Å². The van der Waals surface area contributed by atoms with Gasteiger partial charge in [-0.15, -0.1) is 10.2 Å². The summed E-state index contributed by atoms with van der Waals surface area (Å²) in [6.07, 6.45) is 2.31. The molecule has 0 unspecified atom stereocenters. The van der Waals surface area contributed by atoms with Crippen LogP contribution in [0.15, 0.2) is 59.8 Å². The van der Waals surface area contributed by atoms with E-state index in [9.17, 15) is 4.79 Å². The summed E-state index contributed by atoms with van der Waals surface area (Å²) in [5.74, 6) is 2.40. The van der Waals surface area contributed by atoms with Crippen molar-refractivity contribution in [2.24, 2.45) is 0 Å². The Morgan fingerprint density at radius 1 is 1.15 bits per heavy atom. The van der Waals surface area contributed by atoms with Gasteiger partial charge in [-0.1, -0.05) is 42.1 Å². The zero-order chi connectivity index (χ0) is 18.6. The Kier molecular flexibility index (Phi) is 5.11. The monoisotopic (exact) mass is 380 g/mol. The second-order valence-corrected chi connectivity index (χ2v) is 7.32. The fraction of sp³-hybridized carbons (Fsp3) is 0.250. The number of carbonyl (C=O) groups excluding carboxylic acids is 1. The van der Waals surface area contributed by atoms with Crippen molar-refractivity contribution in [1.29, 1.82) is 0 Å². The number of ether oxygens (including phenoxy) is 1. The number of aromatic nitrogens is 3. The van der Waals surface area contributed by atoms with E-state index in [0.717, 1.165) is 29.6 Å². The Hall–Kier alpha value is -2.80. The first-order chi connectivity index (χ1) is 13.2. The van der Waals surface area contributed by atoms with Gasteiger partial charge in [0.25, 0.3) is 0 Å². The number of carbonyl (C=O) groups is 1.